The Bertz CT molecular complexity index is 736. The molecule has 0 bridgehead atoms. The molecule has 2 aromatic rings. The normalized spacial score (nSPS) is 13.8. The first-order valence-electron chi connectivity index (χ1n) is 6.93. The molecular weight excluding hydrogens is 291 g/mol. The number of rotatable bonds is 4. The molecule has 0 aliphatic heterocycles. The number of fused-ring (bicyclic) bond motifs is 1. The summed E-state index contributed by atoms with van der Waals surface area (Å²) in [6.07, 6.45) is 5.70. The summed E-state index contributed by atoms with van der Waals surface area (Å²) in [7, 11) is 0. The van der Waals surface area contributed by atoms with Gasteiger partial charge in [-0.25, -0.2) is 4.98 Å². The van der Waals surface area contributed by atoms with Gasteiger partial charge in [-0.05, 0) is 37.6 Å². The number of alkyl halides is 3. The lowest BCUT2D eigenvalue weighted by molar-refractivity contribution is -0.137. The van der Waals surface area contributed by atoms with E-state index in [1.165, 1.54) is 6.07 Å². The van der Waals surface area contributed by atoms with Crippen LogP contribution < -0.4 is 0 Å². The third-order valence-corrected chi connectivity index (χ3v) is 2.96. The van der Waals surface area contributed by atoms with Crippen molar-refractivity contribution in [2.45, 2.75) is 26.4 Å². The van der Waals surface area contributed by atoms with Crippen LogP contribution in [0, 0.1) is 0 Å². The summed E-state index contributed by atoms with van der Waals surface area (Å²) < 4.78 is 43.7. The molecule has 0 unspecified atom stereocenters. The Hall–Kier alpha value is -2.30. The van der Waals surface area contributed by atoms with Gasteiger partial charge in [-0.1, -0.05) is 31.2 Å². The molecule has 1 heterocycles. The highest BCUT2D eigenvalue weighted by Crippen LogP contribution is 2.32. The van der Waals surface area contributed by atoms with Crippen LogP contribution in [0.3, 0.4) is 0 Å². The van der Waals surface area contributed by atoms with Gasteiger partial charge >= 0.3 is 6.18 Å². The van der Waals surface area contributed by atoms with Crippen LogP contribution in [0.4, 0.5) is 13.2 Å². The minimum atomic E-state index is -4.40. The van der Waals surface area contributed by atoms with E-state index in [2.05, 4.69) is 4.98 Å². The van der Waals surface area contributed by atoms with Gasteiger partial charge in [0.05, 0.1) is 5.56 Å². The molecule has 0 amide bonds. The van der Waals surface area contributed by atoms with Gasteiger partial charge < -0.3 is 4.42 Å². The van der Waals surface area contributed by atoms with Crippen molar-refractivity contribution in [3.05, 3.63) is 60.0 Å². The Morgan fingerprint density at radius 1 is 1.32 bits per heavy atom. The summed E-state index contributed by atoms with van der Waals surface area (Å²) in [5.41, 5.74) is 0.496. The molecule has 0 saturated carbocycles. The van der Waals surface area contributed by atoms with Crippen LogP contribution in [0.25, 0.3) is 16.7 Å². The topological polar surface area (TPSA) is 26.0 Å². The Labute approximate surface area is 126 Å². The van der Waals surface area contributed by atoms with E-state index in [-0.39, 0.29) is 5.58 Å². The quantitative estimate of drug-likeness (QED) is 0.670. The van der Waals surface area contributed by atoms with Crippen molar-refractivity contribution in [1.29, 1.82) is 0 Å². The molecule has 0 radical (unpaired) electrons. The first-order valence-corrected chi connectivity index (χ1v) is 6.93. The van der Waals surface area contributed by atoms with Gasteiger partial charge in [-0.2, -0.15) is 13.2 Å². The second-order valence-corrected chi connectivity index (χ2v) is 4.66. The maximum Gasteiger partial charge on any atom is 0.416 e. The van der Waals surface area contributed by atoms with Crippen LogP contribution in [0.5, 0.6) is 0 Å². The molecule has 5 heteroatoms. The molecule has 0 spiro atoms. The molecule has 116 valence electrons. The molecule has 2 rings (SSSR count). The van der Waals surface area contributed by atoms with Crippen molar-refractivity contribution in [1.82, 2.24) is 4.98 Å². The molecule has 1 aromatic heterocycles. The fourth-order valence-corrected chi connectivity index (χ4v) is 1.87. The summed E-state index contributed by atoms with van der Waals surface area (Å²) >= 11 is 0. The van der Waals surface area contributed by atoms with Gasteiger partial charge in [0.15, 0.2) is 5.58 Å². The van der Waals surface area contributed by atoms with E-state index in [4.69, 9.17) is 4.42 Å². The summed E-state index contributed by atoms with van der Waals surface area (Å²) in [4.78, 5) is 4.25. The van der Waals surface area contributed by atoms with Crippen molar-refractivity contribution >= 4 is 16.7 Å². The fourth-order valence-electron chi connectivity index (χ4n) is 1.87. The van der Waals surface area contributed by atoms with Crippen molar-refractivity contribution in [3.63, 3.8) is 0 Å². The maximum atomic E-state index is 12.7. The SMILES string of the molecule is CC=CC=C(C=CCC)c1nc2ccc(C(F)(F)F)cc2o1. The molecule has 0 aliphatic carbocycles. The third kappa shape index (κ3) is 3.67. The highest BCUT2D eigenvalue weighted by molar-refractivity contribution is 5.79. The standard InChI is InChI=1S/C17H16F3NO/c1-3-5-7-12(8-6-4-2)16-21-14-10-9-13(17(18,19)20)11-15(14)22-16/h3,5-11H,4H2,1-2H3. The monoisotopic (exact) mass is 307 g/mol. The van der Waals surface area contributed by atoms with Gasteiger partial charge in [-0.3, -0.25) is 0 Å². The molecule has 2 nitrogen and oxygen atoms in total. The molecule has 0 fully saturated rings. The summed E-state index contributed by atoms with van der Waals surface area (Å²) in [6, 6.07) is 3.30. The summed E-state index contributed by atoms with van der Waals surface area (Å²) in [5.74, 6) is 0.303. The van der Waals surface area contributed by atoms with Gasteiger partial charge in [0.25, 0.3) is 0 Å². The van der Waals surface area contributed by atoms with Crippen LogP contribution in [-0.2, 0) is 6.18 Å². The molecule has 22 heavy (non-hydrogen) atoms. The van der Waals surface area contributed by atoms with E-state index in [1.807, 2.05) is 44.2 Å². The number of allylic oxidation sites excluding steroid dienone is 6. The predicted molar refractivity (Wildman–Crippen MR) is 81.2 cm³/mol. The van der Waals surface area contributed by atoms with E-state index in [1.54, 1.807) is 0 Å². The fraction of sp³-hybridized carbons (Fsp3) is 0.235. The van der Waals surface area contributed by atoms with E-state index in [9.17, 15) is 13.2 Å². The minimum absolute atomic E-state index is 0.126. The van der Waals surface area contributed by atoms with Crippen LogP contribution in [-0.4, -0.2) is 4.98 Å². The number of hydrogen-bond acceptors (Lipinski definition) is 2. The van der Waals surface area contributed by atoms with Crippen molar-refractivity contribution in [2.24, 2.45) is 0 Å². The Morgan fingerprint density at radius 2 is 2.09 bits per heavy atom. The number of halogens is 3. The van der Waals surface area contributed by atoms with E-state index >= 15 is 0 Å². The largest absolute Gasteiger partial charge is 0.436 e. The predicted octanol–water partition coefficient (Wildman–Crippen LogP) is 5.77. The average Bonchev–Trinajstić information content (AvgIpc) is 2.89. The molecule has 0 saturated heterocycles. The number of nitrogens with zero attached hydrogens (tertiary/aromatic N) is 1. The summed E-state index contributed by atoms with van der Waals surface area (Å²) in [6.45, 7) is 3.87. The first-order chi connectivity index (χ1) is 10.5. The molecular formula is C17H16F3NO. The second-order valence-electron chi connectivity index (χ2n) is 4.66. The van der Waals surface area contributed by atoms with E-state index in [0.29, 0.717) is 17.0 Å². The van der Waals surface area contributed by atoms with E-state index in [0.717, 1.165) is 18.6 Å². The zero-order valence-electron chi connectivity index (χ0n) is 12.3. The maximum absolute atomic E-state index is 12.7. The summed E-state index contributed by atoms with van der Waals surface area (Å²) in [5, 5.41) is 0. The smallest absolute Gasteiger partial charge is 0.416 e. The lowest BCUT2D eigenvalue weighted by Gasteiger charge is -2.04. The van der Waals surface area contributed by atoms with Gasteiger partial charge in [-0.15, -0.1) is 0 Å². The van der Waals surface area contributed by atoms with Crippen LogP contribution in [0.15, 0.2) is 53.0 Å². The molecule has 0 N–H and O–H groups in total. The lowest BCUT2D eigenvalue weighted by Crippen LogP contribution is -2.03. The van der Waals surface area contributed by atoms with Gasteiger partial charge in [0.1, 0.15) is 5.52 Å². The first kappa shape index (κ1) is 16.1. The molecule has 0 atom stereocenters. The van der Waals surface area contributed by atoms with E-state index < -0.39 is 11.7 Å². The third-order valence-electron chi connectivity index (χ3n) is 2.96. The minimum Gasteiger partial charge on any atom is -0.436 e. The van der Waals surface area contributed by atoms with Crippen LogP contribution in [0.2, 0.25) is 0 Å². The zero-order valence-corrected chi connectivity index (χ0v) is 12.3. The van der Waals surface area contributed by atoms with Crippen molar-refractivity contribution < 1.29 is 17.6 Å². The molecule has 0 aliphatic rings. The van der Waals surface area contributed by atoms with Crippen molar-refractivity contribution in [2.75, 3.05) is 0 Å². The Balaban J connectivity index is 2.48. The number of oxazole rings is 1. The highest BCUT2D eigenvalue weighted by Gasteiger charge is 2.31. The average molecular weight is 307 g/mol. The molecule has 1 aromatic carbocycles. The van der Waals surface area contributed by atoms with Gasteiger partial charge in [0.2, 0.25) is 5.89 Å². The van der Waals surface area contributed by atoms with Crippen molar-refractivity contribution in [3.8, 4) is 0 Å². The zero-order chi connectivity index (χ0) is 16.2. The van der Waals surface area contributed by atoms with Gasteiger partial charge in [0, 0.05) is 5.57 Å². The lowest BCUT2D eigenvalue weighted by atomic mass is 10.2. The Kier molecular flexibility index (Phi) is 4.85. The highest BCUT2D eigenvalue weighted by atomic mass is 19.4. The number of benzene rings is 1. The Morgan fingerprint density at radius 3 is 2.73 bits per heavy atom. The second kappa shape index (κ2) is 6.64. The van der Waals surface area contributed by atoms with Crippen LogP contribution >= 0.6 is 0 Å². The van der Waals surface area contributed by atoms with Crippen LogP contribution in [0.1, 0.15) is 31.7 Å². The number of hydrogen-bond donors (Lipinski definition) is 0. The number of aromatic nitrogens is 1.